The van der Waals surface area contributed by atoms with Crippen LogP contribution in [0.1, 0.15) is 22.7 Å². The summed E-state index contributed by atoms with van der Waals surface area (Å²) in [5.74, 6) is -4.98. The minimum absolute atomic E-state index is 0.0205. The summed E-state index contributed by atoms with van der Waals surface area (Å²) in [6.07, 6.45) is 0. The SMILES string of the molecule is COc1c(Cl)cc(/C(O)=C2\C(=O)C(=O)N(c3ccc(F)c(F)c3)C2c2ccccc2C)c(OC)c1Cl. The molecule has 1 N–H and O–H groups in total. The second kappa shape index (κ2) is 9.79. The largest absolute Gasteiger partial charge is 0.507 e. The number of halogens is 4. The molecule has 6 nitrogen and oxygen atoms in total. The van der Waals surface area contributed by atoms with E-state index in [0.29, 0.717) is 11.1 Å². The molecule has 0 bridgehead atoms. The van der Waals surface area contributed by atoms with Crippen LogP contribution in [0.25, 0.3) is 5.76 Å². The number of carbonyl (C=O) groups is 2. The highest BCUT2D eigenvalue weighted by Crippen LogP contribution is 2.48. The molecule has 1 saturated heterocycles. The van der Waals surface area contributed by atoms with Gasteiger partial charge in [0.15, 0.2) is 23.1 Å². The van der Waals surface area contributed by atoms with Gasteiger partial charge in [0, 0.05) is 11.8 Å². The Morgan fingerprint density at radius 1 is 0.972 bits per heavy atom. The van der Waals surface area contributed by atoms with Crippen molar-refractivity contribution in [1.82, 2.24) is 0 Å². The first-order valence-electron chi connectivity index (χ1n) is 10.5. The molecule has 0 spiro atoms. The molecule has 3 aromatic carbocycles. The number of carbonyl (C=O) groups excluding carboxylic acids is 2. The highest BCUT2D eigenvalue weighted by Gasteiger charge is 2.48. The number of aliphatic hydroxyl groups excluding tert-OH is 1. The average molecular weight is 534 g/mol. The molecule has 10 heteroatoms. The first kappa shape index (κ1) is 25.5. The van der Waals surface area contributed by atoms with Crippen molar-refractivity contribution in [2.24, 2.45) is 0 Å². The van der Waals surface area contributed by atoms with Gasteiger partial charge in [-0.25, -0.2) is 8.78 Å². The summed E-state index contributed by atoms with van der Waals surface area (Å²) >= 11 is 12.6. The van der Waals surface area contributed by atoms with Crippen LogP contribution in [0, 0.1) is 18.6 Å². The van der Waals surface area contributed by atoms with Gasteiger partial charge in [0.25, 0.3) is 11.7 Å². The third-order valence-corrected chi connectivity index (χ3v) is 6.53. The molecule has 0 aromatic heterocycles. The Morgan fingerprint density at radius 3 is 2.25 bits per heavy atom. The van der Waals surface area contributed by atoms with Crippen LogP contribution in [0.2, 0.25) is 10.0 Å². The number of aryl methyl sites for hydroxylation is 1. The molecule has 1 aliphatic rings. The van der Waals surface area contributed by atoms with Gasteiger partial charge in [-0.05, 0) is 36.2 Å². The lowest BCUT2D eigenvalue weighted by Crippen LogP contribution is -2.30. The first-order chi connectivity index (χ1) is 17.1. The maximum atomic E-state index is 14.1. The quantitative estimate of drug-likeness (QED) is 0.239. The highest BCUT2D eigenvalue weighted by molar-refractivity contribution is 6.52. The summed E-state index contributed by atoms with van der Waals surface area (Å²) in [6, 6.07) is 9.82. The Kier molecular flexibility index (Phi) is 6.93. The average Bonchev–Trinajstić information content (AvgIpc) is 3.11. The van der Waals surface area contributed by atoms with Crippen molar-refractivity contribution in [3.63, 3.8) is 0 Å². The summed E-state index contributed by atoms with van der Waals surface area (Å²) < 4.78 is 38.3. The van der Waals surface area contributed by atoms with E-state index in [2.05, 4.69) is 0 Å². The van der Waals surface area contributed by atoms with Gasteiger partial charge in [-0.2, -0.15) is 0 Å². The van der Waals surface area contributed by atoms with Crippen molar-refractivity contribution in [1.29, 1.82) is 0 Å². The summed E-state index contributed by atoms with van der Waals surface area (Å²) in [5, 5.41) is 11.4. The van der Waals surface area contributed by atoms with E-state index >= 15 is 0 Å². The Bertz CT molecular complexity index is 1440. The van der Waals surface area contributed by atoms with E-state index in [1.165, 1.54) is 26.4 Å². The van der Waals surface area contributed by atoms with E-state index in [4.69, 9.17) is 32.7 Å². The zero-order valence-electron chi connectivity index (χ0n) is 19.2. The van der Waals surface area contributed by atoms with Crippen molar-refractivity contribution in [3.8, 4) is 11.5 Å². The van der Waals surface area contributed by atoms with Crippen LogP contribution in [0.5, 0.6) is 11.5 Å². The Labute approximate surface area is 215 Å². The van der Waals surface area contributed by atoms with E-state index in [1.54, 1.807) is 31.2 Å². The van der Waals surface area contributed by atoms with Gasteiger partial charge in [-0.1, -0.05) is 47.5 Å². The molecule has 0 radical (unpaired) electrons. The molecule has 4 rings (SSSR count). The monoisotopic (exact) mass is 533 g/mol. The van der Waals surface area contributed by atoms with E-state index in [1.807, 2.05) is 0 Å². The summed E-state index contributed by atoms with van der Waals surface area (Å²) in [4.78, 5) is 27.6. The van der Waals surface area contributed by atoms with Gasteiger partial charge in [0.1, 0.15) is 10.8 Å². The topological polar surface area (TPSA) is 76.1 Å². The Morgan fingerprint density at radius 2 is 1.64 bits per heavy atom. The minimum Gasteiger partial charge on any atom is -0.507 e. The number of ether oxygens (including phenoxy) is 2. The third kappa shape index (κ3) is 4.06. The highest BCUT2D eigenvalue weighted by atomic mass is 35.5. The fourth-order valence-corrected chi connectivity index (χ4v) is 4.90. The Hall–Kier alpha value is -3.62. The van der Waals surface area contributed by atoms with Crippen LogP contribution in [0.4, 0.5) is 14.5 Å². The molecular weight excluding hydrogens is 515 g/mol. The van der Waals surface area contributed by atoms with E-state index in [-0.39, 0.29) is 38.4 Å². The molecule has 1 amide bonds. The summed E-state index contributed by atoms with van der Waals surface area (Å²) in [6.45, 7) is 1.75. The predicted molar refractivity (Wildman–Crippen MR) is 132 cm³/mol. The van der Waals surface area contributed by atoms with Gasteiger partial charge in [-0.15, -0.1) is 0 Å². The number of aliphatic hydroxyl groups is 1. The zero-order chi connectivity index (χ0) is 26.3. The number of benzene rings is 3. The molecule has 0 saturated carbocycles. The van der Waals surface area contributed by atoms with Crippen molar-refractivity contribution in [3.05, 3.63) is 92.5 Å². The molecule has 1 fully saturated rings. The zero-order valence-corrected chi connectivity index (χ0v) is 20.7. The lowest BCUT2D eigenvalue weighted by molar-refractivity contribution is -0.132. The van der Waals surface area contributed by atoms with Gasteiger partial charge >= 0.3 is 0 Å². The number of ketones is 1. The molecule has 36 heavy (non-hydrogen) atoms. The summed E-state index contributed by atoms with van der Waals surface area (Å²) in [7, 11) is 2.64. The van der Waals surface area contributed by atoms with E-state index in [9.17, 15) is 23.5 Å². The maximum absolute atomic E-state index is 14.1. The van der Waals surface area contributed by atoms with Crippen molar-refractivity contribution >= 4 is 46.3 Å². The number of Topliss-reactive ketones (excluding diaryl/α,β-unsaturated/α-hetero) is 1. The summed E-state index contributed by atoms with van der Waals surface area (Å²) in [5.41, 5.74) is 0.721. The van der Waals surface area contributed by atoms with Crippen LogP contribution >= 0.6 is 23.2 Å². The molecule has 186 valence electrons. The van der Waals surface area contributed by atoms with Gasteiger partial charge in [0.05, 0.1) is 36.4 Å². The first-order valence-corrected chi connectivity index (χ1v) is 11.3. The Balaban J connectivity index is 2.04. The molecule has 0 aliphatic carbocycles. The number of amides is 1. The maximum Gasteiger partial charge on any atom is 0.300 e. The van der Waals surface area contributed by atoms with Crippen LogP contribution in [-0.2, 0) is 9.59 Å². The number of hydrogen-bond acceptors (Lipinski definition) is 5. The molecular formula is C26H19Cl2F2NO5. The van der Waals surface area contributed by atoms with E-state index < -0.39 is 35.1 Å². The second-order valence-electron chi connectivity index (χ2n) is 7.91. The van der Waals surface area contributed by atoms with Crippen molar-refractivity contribution in [2.75, 3.05) is 19.1 Å². The molecule has 3 aromatic rings. The second-order valence-corrected chi connectivity index (χ2v) is 8.70. The molecule has 1 atom stereocenters. The number of methoxy groups -OCH3 is 2. The standard InChI is InChI=1S/C26H19Cl2F2NO5/c1-12-6-4-5-7-14(12)21-19(22(32)15-11-16(27)25(36-3)20(28)24(15)35-2)23(33)26(34)31(21)13-8-9-17(29)18(30)10-13/h4-11,21,32H,1-3H3/b22-19+. The number of nitrogens with zero attached hydrogens (tertiary/aromatic N) is 1. The number of anilines is 1. The van der Waals surface area contributed by atoms with E-state index in [0.717, 1.165) is 17.0 Å². The number of rotatable bonds is 5. The van der Waals surface area contributed by atoms with Gasteiger partial charge in [-0.3, -0.25) is 14.5 Å². The smallest absolute Gasteiger partial charge is 0.300 e. The van der Waals surface area contributed by atoms with Crippen LogP contribution in [0.3, 0.4) is 0 Å². The molecule has 1 unspecified atom stereocenters. The van der Waals surface area contributed by atoms with Crippen molar-refractivity contribution < 1.29 is 33.0 Å². The van der Waals surface area contributed by atoms with Gasteiger partial charge < -0.3 is 14.6 Å². The van der Waals surface area contributed by atoms with Crippen LogP contribution in [-0.4, -0.2) is 31.0 Å². The fourth-order valence-electron chi connectivity index (χ4n) is 4.21. The molecule has 1 aliphatic heterocycles. The van der Waals surface area contributed by atoms with Crippen molar-refractivity contribution in [2.45, 2.75) is 13.0 Å². The lowest BCUT2D eigenvalue weighted by atomic mass is 9.92. The third-order valence-electron chi connectivity index (χ3n) is 5.90. The minimum atomic E-state index is -1.20. The van der Waals surface area contributed by atoms with Gasteiger partial charge in [0.2, 0.25) is 0 Å². The van der Waals surface area contributed by atoms with Crippen LogP contribution in [0.15, 0.2) is 54.1 Å². The van der Waals surface area contributed by atoms with Crippen LogP contribution < -0.4 is 14.4 Å². The number of hydrogen-bond donors (Lipinski definition) is 1. The normalized spacial score (nSPS) is 17.0. The lowest BCUT2D eigenvalue weighted by Gasteiger charge is -2.27. The predicted octanol–water partition coefficient (Wildman–Crippen LogP) is 6.22. The fraction of sp³-hybridized carbons (Fsp3) is 0.154. The molecule has 1 heterocycles.